The normalized spacial score (nSPS) is 16.5. The highest BCUT2D eigenvalue weighted by molar-refractivity contribution is 7.89. The van der Waals surface area contributed by atoms with Gasteiger partial charge in [-0.1, -0.05) is 18.2 Å². The van der Waals surface area contributed by atoms with Crippen molar-refractivity contribution >= 4 is 26.8 Å². The third kappa shape index (κ3) is 5.65. The van der Waals surface area contributed by atoms with Crippen molar-refractivity contribution in [3.63, 3.8) is 0 Å². The number of aromatic nitrogens is 1. The summed E-state index contributed by atoms with van der Waals surface area (Å²) in [7, 11) is -4.22. The van der Waals surface area contributed by atoms with Crippen LogP contribution in [-0.2, 0) is 27.4 Å². The number of furan rings is 1. The van der Waals surface area contributed by atoms with Crippen LogP contribution in [0.15, 0.2) is 75.1 Å². The molecule has 0 amide bonds. The highest BCUT2D eigenvalue weighted by Crippen LogP contribution is 2.33. The molecule has 0 N–H and O–H groups in total. The molecule has 1 atom stereocenters. The van der Waals surface area contributed by atoms with Crippen LogP contribution in [-0.4, -0.2) is 35.7 Å². The molecule has 1 fully saturated rings. The Labute approximate surface area is 239 Å². The van der Waals surface area contributed by atoms with E-state index in [1.807, 2.05) is 0 Å². The molecule has 0 radical (unpaired) electrons. The first-order chi connectivity index (χ1) is 19.8. The van der Waals surface area contributed by atoms with E-state index in [0.717, 1.165) is 22.5 Å². The molecule has 42 heavy (non-hydrogen) atoms. The Morgan fingerprint density at radius 3 is 2.45 bits per heavy atom. The number of pyridine rings is 1. The maximum absolute atomic E-state index is 14.1. The van der Waals surface area contributed by atoms with Gasteiger partial charge >= 0.3 is 6.18 Å². The summed E-state index contributed by atoms with van der Waals surface area (Å²) in [5.74, 6) is -0.943. The lowest BCUT2D eigenvalue weighted by Crippen LogP contribution is -2.40. The SMILES string of the molecule is CC(C)n1cc(CCC(=O)[C@@H]2CCCN2S(=O)(=O)c2cc3c(F)cccc3o2)cc(-c2ccc(C(F)(F)F)cc2)c1=O. The first kappa shape index (κ1) is 29.7. The molecule has 0 aliphatic carbocycles. The van der Waals surface area contributed by atoms with Crippen molar-refractivity contribution in [2.45, 2.75) is 62.9 Å². The number of carbonyl (C=O) groups is 1. The quantitative estimate of drug-likeness (QED) is 0.219. The Hall–Kier alpha value is -3.77. The number of fused-ring (bicyclic) bond motifs is 1. The van der Waals surface area contributed by atoms with Crippen molar-refractivity contribution in [3.8, 4) is 11.1 Å². The van der Waals surface area contributed by atoms with Crippen LogP contribution in [0.3, 0.4) is 0 Å². The fourth-order valence-electron chi connectivity index (χ4n) is 5.26. The van der Waals surface area contributed by atoms with Crippen molar-refractivity contribution in [1.29, 1.82) is 0 Å². The fourth-order valence-corrected chi connectivity index (χ4v) is 6.88. The summed E-state index contributed by atoms with van der Waals surface area (Å²) in [5.41, 5.74) is -0.0156. The largest absolute Gasteiger partial charge is 0.443 e. The number of nitrogens with zero attached hydrogens (tertiary/aromatic N) is 2. The summed E-state index contributed by atoms with van der Waals surface area (Å²) < 4.78 is 88.1. The van der Waals surface area contributed by atoms with Gasteiger partial charge in [-0.15, -0.1) is 0 Å². The van der Waals surface area contributed by atoms with Gasteiger partial charge in [-0.3, -0.25) is 9.59 Å². The van der Waals surface area contributed by atoms with E-state index in [1.165, 1.54) is 34.9 Å². The number of rotatable bonds is 8. The number of benzene rings is 2. The number of sulfonamides is 1. The van der Waals surface area contributed by atoms with Crippen LogP contribution >= 0.6 is 0 Å². The van der Waals surface area contributed by atoms with Crippen LogP contribution in [0.25, 0.3) is 22.1 Å². The Bertz CT molecular complexity index is 1810. The molecule has 4 aromatic rings. The van der Waals surface area contributed by atoms with E-state index in [1.54, 1.807) is 26.1 Å². The average molecular weight is 605 g/mol. The Balaban J connectivity index is 1.38. The zero-order valence-electron chi connectivity index (χ0n) is 22.8. The standard InChI is InChI=1S/C30H28F4N2O5S/c1-18(2)35-17-19(15-22(29(35)38)20-9-11-21(12-10-20)30(32,33)34)8-13-26(37)25-6-4-14-36(25)42(39,40)28-16-23-24(31)5-3-7-27(23)41-28/h3,5,7,9-12,15-18,25H,4,6,8,13-14H2,1-2H3/t25-/m0/s1. The van der Waals surface area contributed by atoms with Crippen LogP contribution in [0.2, 0.25) is 0 Å². The Kier molecular flexibility index (Phi) is 7.88. The molecule has 222 valence electrons. The summed E-state index contributed by atoms with van der Waals surface area (Å²) >= 11 is 0. The third-order valence-corrected chi connectivity index (χ3v) is 9.23. The second-order valence-corrected chi connectivity index (χ2v) is 12.4. The first-order valence-corrected chi connectivity index (χ1v) is 14.9. The summed E-state index contributed by atoms with van der Waals surface area (Å²) in [6.45, 7) is 3.69. The summed E-state index contributed by atoms with van der Waals surface area (Å²) in [6.07, 6.45) is -1.98. The lowest BCUT2D eigenvalue weighted by molar-refractivity contribution is -0.137. The van der Waals surface area contributed by atoms with E-state index in [0.29, 0.717) is 24.0 Å². The molecule has 0 spiro atoms. The Morgan fingerprint density at radius 1 is 1.10 bits per heavy atom. The van der Waals surface area contributed by atoms with Gasteiger partial charge in [0.25, 0.3) is 15.6 Å². The number of carbonyl (C=O) groups excluding carboxylic acids is 1. The van der Waals surface area contributed by atoms with Gasteiger partial charge in [-0.25, -0.2) is 12.8 Å². The molecule has 1 aliphatic heterocycles. The average Bonchev–Trinajstić information content (AvgIpc) is 3.61. The van der Waals surface area contributed by atoms with E-state index in [-0.39, 0.29) is 53.3 Å². The van der Waals surface area contributed by atoms with Gasteiger partial charge in [0.15, 0.2) is 5.78 Å². The van der Waals surface area contributed by atoms with Crippen molar-refractivity contribution in [1.82, 2.24) is 8.87 Å². The summed E-state index contributed by atoms with van der Waals surface area (Å²) in [5, 5.41) is -0.408. The molecule has 12 heteroatoms. The van der Waals surface area contributed by atoms with Gasteiger partial charge in [0.1, 0.15) is 11.4 Å². The lowest BCUT2D eigenvalue weighted by Gasteiger charge is -2.22. The monoisotopic (exact) mass is 604 g/mol. The number of ketones is 1. The molecular weight excluding hydrogens is 576 g/mol. The van der Waals surface area contributed by atoms with E-state index < -0.39 is 38.7 Å². The zero-order valence-corrected chi connectivity index (χ0v) is 23.6. The van der Waals surface area contributed by atoms with Crippen LogP contribution in [0, 0.1) is 5.82 Å². The van der Waals surface area contributed by atoms with E-state index in [9.17, 15) is 35.6 Å². The fraction of sp³-hybridized carbons (Fsp3) is 0.333. The van der Waals surface area contributed by atoms with E-state index in [4.69, 9.17) is 4.42 Å². The molecule has 1 aliphatic rings. The van der Waals surface area contributed by atoms with Crippen LogP contribution < -0.4 is 5.56 Å². The first-order valence-electron chi connectivity index (χ1n) is 13.4. The second kappa shape index (κ2) is 11.1. The van der Waals surface area contributed by atoms with E-state index in [2.05, 4.69) is 0 Å². The lowest BCUT2D eigenvalue weighted by atomic mass is 9.99. The molecule has 0 unspecified atom stereocenters. The highest BCUT2D eigenvalue weighted by Gasteiger charge is 2.40. The molecule has 2 aromatic carbocycles. The molecule has 3 heterocycles. The smallest absolute Gasteiger partial charge is 0.416 e. The zero-order chi connectivity index (χ0) is 30.4. The number of alkyl halides is 3. The number of Topliss-reactive ketones (excluding diaryl/α,β-unsaturated/α-hetero) is 1. The number of hydrogen-bond donors (Lipinski definition) is 0. The van der Waals surface area contributed by atoms with Gasteiger partial charge in [0.05, 0.1) is 17.0 Å². The highest BCUT2D eigenvalue weighted by atomic mass is 32.2. The van der Waals surface area contributed by atoms with Gasteiger partial charge in [-0.2, -0.15) is 17.5 Å². The van der Waals surface area contributed by atoms with Gasteiger partial charge in [-0.05, 0) is 74.6 Å². The van der Waals surface area contributed by atoms with Crippen LogP contribution in [0.5, 0.6) is 0 Å². The predicted octanol–water partition coefficient (Wildman–Crippen LogP) is 6.36. The number of aryl methyl sites for hydroxylation is 1. The molecule has 2 aromatic heterocycles. The number of halogens is 4. The topological polar surface area (TPSA) is 89.6 Å². The van der Waals surface area contributed by atoms with Gasteiger partial charge in [0, 0.05) is 36.8 Å². The maximum Gasteiger partial charge on any atom is 0.416 e. The van der Waals surface area contributed by atoms with Crippen LogP contribution in [0.4, 0.5) is 17.6 Å². The molecule has 7 nitrogen and oxygen atoms in total. The molecule has 0 saturated carbocycles. The number of hydrogen-bond acceptors (Lipinski definition) is 5. The molecule has 5 rings (SSSR count). The van der Waals surface area contributed by atoms with Crippen molar-refractivity contribution in [2.24, 2.45) is 0 Å². The maximum atomic E-state index is 14.1. The van der Waals surface area contributed by atoms with Gasteiger partial charge in [0.2, 0.25) is 5.09 Å². The Morgan fingerprint density at radius 2 is 1.81 bits per heavy atom. The third-order valence-electron chi connectivity index (χ3n) is 7.46. The van der Waals surface area contributed by atoms with Crippen molar-refractivity contribution < 1.29 is 35.2 Å². The summed E-state index contributed by atoms with van der Waals surface area (Å²) in [4.78, 5) is 26.5. The minimum absolute atomic E-state index is 0.0299. The van der Waals surface area contributed by atoms with Crippen molar-refractivity contribution in [2.75, 3.05) is 6.54 Å². The minimum Gasteiger partial charge on any atom is -0.443 e. The van der Waals surface area contributed by atoms with Crippen molar-refractivity contribution in [3.05, 3.63) is 88.1 Å². The molecular formula is C30H28F4N2O5S. The van der Waals surface area contributed by atoms with Gasteiger partial charge < -0.3 is 8.98 Å². The second-order valence-electron chi connectivity index (χ2n) is 10.6. The summed E-state index contributed by atoms with van der Waals surface area (Å²) in [6, 6.07) is 9.86. The molecule has 0 bridgehead atoms. The van der Waals surface area contributed by atoms with E-state index >= 15 is 0 Å². The predicted molar refractivity (Wildman–Crippen MR) is 148 cm³/mol. The molecule has 1 saturated heterocycles. The minimum atomic E-state index is -4.51. The van der Waals surface area contributed by atoms with Crippen LogP contribution in [0.1, 0.15) is 50.3 Å².